The number of methoxy groups -OCH3 is 1. The van der Waals surface area contributed by atoms with Crippen LogP contribution in [0.2, 0.25) is 0 Å². The smallest absolute Gasteiger partial charge is 0.347 e. The normalized spacial score (nSPS) is 21.9. The first-order valence-electron chi connectivity index (χ1n) is 6.24. The first-order valence-corrected chi connectivity index (χ1v) is 7.06. The third-order valence-corrected chi connectivity index (χ3v) is 4.33. The monoisotopic (exact) mass is 299 g/mol. The highest BCUT2D eigenvalue weighted by molar-refractivity contribution is 7.13. The molecule has 0 bridgehead atoms. The van der Waals surface area contributed by atoms with Gasteiger partial charge in [-0.05, 0) is 13.3 Å². The Morgan fingerprint density at radius 3 is 2.90 bits per heavy atom. The van der Waals surface area contributed by atoms with Crippen LogP contribution < -0.4 is 10.6 Å². The molecule has 1 fully saturated rings. The summed E-state index contributed by atoms with van der Waals surface area (Å²) >= 11 is 1.09. The van der Waals surface area contributed by atoms with Crippen LogP contribution in [0.1, 0.15) is 26.8 Å². The van der Waals surface area contributed by atoms with Gasteiger partial charge < -0.3 is 20.5 Å². The average Bonchev–Trinajstić information content (AvgIpc) is 3.02. The molecule has 110 valence electrons. The van der Waals surface area contributed by atoms with Gasteiger partial charge in [-0.3, -0.25) is 4.79 Å². The second-order valence-corrected chi connectivity index (χ2v) is 5.68. The summed E-state index contributed by atoms with van der Waals surface area (Å²) in [5.74, 6) is -1.10. The molecule has 1 aromatic rings. The van der Waals surface area contributed by atoms with E-state index in [2.05, 4.69) is 15.6 Å². The maximum atomic E-state index is 11.9. The largest absolute Gasteiger partial charge is 0.477 e. The van der Waals surface area contributed by atoms with Gasteiger partial charge in [-0.25, -0.2) is 9.78 Å². The molecule has 7 nitrogen and oxygen atoms in total. The minimum Gasteiger partial charge on any atom is -0.477 e. The molecule has 1 aliphatic rings. The third-order valence-electron chi connectivity index (χ3n) is 3.19. The Labute approximate surface area is 120 Å². The summed E-state index contributed by atoms with van der Waals surface area (Å²) in [7, 11) is 1.62. The zero-order valence-electron chi connectivity index (χ0n) is 11.3. The highest BCUT2D eigenvalue weighted by atomic mass is 32.1. The van der Waals surface area contributed by atoms with Gasteiger partial charge in [-0.2, -0.15) is 0 Å². The summed E-state index contributed by atoms with van der Waals surface area (Å²) in [6.07, 6.45) is 0.700. The van der Waals surface area contributed by atoms with E-state index in [1.165, 1.54) is 0 Å². The molecule has 1 aliphatic heterocycles. The summed E-state index contributed by atoms with van der Waals surface area (Å²) < 4.78 is 5.18. The molecule has 2 heterocycles. The number of carboxylic acids is 1. The number of amides is 1. The highest BCUT2D eigenvalue weighted by Gasteiger charge is 2.29. The van der Waals surface area contributed by atoms with E-state index in [0.717, 1.165) is 11.3 Å². The van der Waals surface area contributed by atoms with Crippen molar-refractivity contribution in [3.8, 4) is 0 Å². The van der Waals surface area contributed by atoms with Gasteiger partial charge in [0.1, 0.15) is 9.88 Å². The van der Waals surface area contributed by atoms with E-state index < -0.39 is 5.97 Å². The molecule has 1 saturated heterocycles. The minimum absolute atomic E-state index is 0.0615. The van der Waals surface area contributed by atoms with Crippen LogP contribution in [-0.4, -0.2) is 47.8 Å². The SMILES string of the molecule is COC1CNC(C(=O)NCc2nc(C)c(C(=O)O)s2)C1. The van der Waals surface area contributed by atoms with Crippen LogP contribution in [0.4, 0.5) is 0 Å². The summed E-state index contributed by atoms with van der Waals surface area (Å²) in [6.45, 7) is 2.55. The molecule has 20 heavy (non-hydrogen) atoms. The van der Waals surface area contributed by atoms with Crippen molar-refractivity contribution in [2.45, 2.75) is 32.0 Å². The number of ether oxygens (including phenoxy) is 1. The van der Waals surface area contributed by atoms with E-state index >= 15 is 0 Å². The number of nitrogens with one attached hydrogen (secondary N) is 2. The number of carboxylic acid groups (broad SMARTS) is 1. The van der Waals surface area contributed by atoms with Crippen molar-refractivity contribution in [3.05, 3.63) is 15.6 Å². The van der Waals surface area contributed by atoms with E-state index in [4.69, 9.17) is 9.84 Å². The molecular weight excluding hydrogens is 282 g/mol. The molecule has 0 aliphatic carbocycles. The molecule has 3 N–H and O–H groups in total. The van der Waals surface area contributed by atoms with E-state index in [9.17, 15) is 9.59 Å². The number of carbonyl (C=O) groups excluding carboxylic acids is 1. The standard InChI is InChI=1S/C12H17N3O4S/c1-6-10(12(17)18)20-9(15-6)5-14-11(16)8-3-7(19-2)4-13-8/h7-8,13H,3-5H2,1-2H3,(H,14,16)(H,17,18). The molecular formula is C12H17N3O4S. The Balaban J connectivity index is 1.87. The fraction of sp³-hybridized carbons (Fsp3) is 0.583. The van der Waals surface area contributed by atoms with Crippen LogP contribution in [-0.2, 0) is 16.1 Å². The third kappa shape index (κ3) is 3.33. The van der Waals surface area contributed by atoms with Gasteiger partial charge in [0.2, 0.25) is 5.91 Å². The van der Waals surface area contributed by atoms with E-state index in [-0.39, 0.29) is 29.5 Å². The summed E-state index contributed by atoms with van der Waals surface area (Å²) in [5.41, 5.74) is 0.477. The predicted molar refractivity (Wildman–Crippen MR) is 72.9 cm³/mol. The van der Waals surface area contributed by atoms with Crippen LogP contribution in [0.5, 0.6) is 0 Å². The Morgan fingerprint density at radius 2 is 2.35 bits per heavy atom. The number of thiazole rings is 1. The molecule has 2 rings (SSSR count). The number of rotatable bonds is 5. The Bertz CT molecular complexity index is 517. The van der Waals surface area contributed by atoms with E-state index in [0.29, 0.717) is 23.7 Å². The van der Waals surface area contributed by atoms with E-state index in [1.54, 1.807) is 14.0 Å². The molecule has 0 aromatic carbocycles. The van der Waals surface area contributed by atoms with Crippen molar-refractivity contribution < 1.29 is 19.4 Å². The van der Waals surface area contributed by atoms with Crippen LogP contribution in [0, 0.1) is 6.92 Å². The molecule has 1 aromatic heterocycles. The van der Waals surface area contributed by atoms with Gasteiger partial charge in [0, 0.05) is 13.7 Å². The molecule has 0 saturated carbocycles. The number of aryl methyl sites for hydroxylation is 1. The van der Waals surface area contributed by atoms with Crippen LogP contribution in [0.3, 0.4) is 0 Å². The fourth-order valence-corrected chi connectivity index (χ4v) is 2.94. The van der Waals surface area contributed by atoms with Crippen LogP contribution in [0.15, 0.2) is 0 Å². The van der Waals surface area contributed by atoms with E-state index in [1.807, 2.05) is 0 Å². The summed E-state index contributed by atoms with van der Waals surface area (Å²) in [6, 6.07) is -0.264. The maximum absolute atomic E-state index is 11.9. The van der Waals surface area contributed by atoms with Crippen molar-refractivity contribution in [1.82, 2.24) is 15.6 Å². The Morgan fingerprint density at radius 1 is 1.60 bits per heavy atom. The zero-order chi connectivity index (χ0) is 14.7. The first-order chi connectivity index (χ1) is 9.51. The molecule has 8 heteroatoms. The zero-order valence-corrected chi connectivity index (χ0v) is 12.1. The number of aromatic nitrogens is 1. The highest BCUT2D eigenvalue weighted by Crippen LogP contribution is 2.18. The van der Waals surface area contributed by atoms with Gasteiger partial charge in [0.05, 0.1) is 24.4 Å². The Kier molecular flexibility index (Phi) is 4.69. The molecule has 0 radical (unpaired) electrons. The van der Waals surface area contributed by atoms with Crippen molar-refractivity contribution >= 4 is 23.2 Å². The molecule has 1 amide bonds. The van der Waals surface area contributed by atoms with Crippen LogP contribution in [0.25, 0.3) is 0 Å². The quantitative estimate of drug-likeness (QED) is 0.715. The van der Waals surface area contributed by atoms with Crippen molar-refractivity contribution in [1.29, 1.82) is 0 Å². The Hall–Kier alpha value is -1.51. The average molecular weight is 299 g/mol. The van der Waals surface area contributed by atoms with Gasteiger partial charge in [-0.15, -0.1) is 11.3 Å². The number of nitrogens with zero attached hydrogens (tertiary/aromatic N) is 1. The van der Waals surface area contributed by atoms with Gasteiger partial charge in [-0.1, -0.05) is 0 Å². The number of carbonyl (C=O) groups is 2. The first kappa shape index (κ1) is 14.9. The number of aromatic carboxylic acids is 1. The minimum atomic E-state index is -0.988. The number of hydrogen-bond donors (Lipinski definition) is 3. The summed E-state index contributed by atoms with van der Waals surface area (Å²) in [5, 5.41) is 15.4. The van der Waals surface area contributed by atoms with Crippen molar-refractivity contribution in [3.63, 3.8) is 0 Å². The lowest BCUT2D eigenvalue weighted by atomic mass is 10.2. The van der Waals surface area contributed by atoms with Gasteiger partial charge in [0.25, 0.3) is 0 Å². The summed E-state index contributed by atoms with van der Waals surface area (Å²) in [4.78, 5) is 27.2. The van der Waals surface area contributed by atoms with Crippen molar-refractivity contribution in [2.24, 2.45) is 0 Å². The van der Waals surface area contributed by atoms with Gasteiger partial charge >= 0.3 is 5.97 Å². The lowest BCUT2D eigenvalue weighted by molar-refractivity contribution is -0.123. The number of hydrogen-bond acceptors (Lipinski definition) is 6. The van der Waals surface area contributed by atoms with Gasteiger partial charge in [0.15, 0.2) is 0 Å². The second-order valence-electron chi connectivity index (χ2n) is 4.60. The molecule has 2 atom stereocenters. The predicted octanol–water partition coefficient (Wildman–Crippen LogP) is 0.143. The molecule has 2 unspecified atom stereocenters. The van der Waals surface area contributed by atoms with Crippen molar-refractivity contribution in [2.75, 3.05) is 13.7 Å². The lowest BCUT2D eigenvalue weighted by Gasteiger charge is -2.10. The fourth-order valence-electron chi connectivity index (χ4n) is 2.09. The molecule has 0 spiro atoms. The lowest BCUT2D eigenvalue weighted by Crippen LogP contribution is -2.39. The second kappa shape index (κ2) is 6.29. The maximum Gasteiger partial charge on any atom is 0.347 e. The van der Waals surface area contributed by atoms with Crippen LogP contribution >= 0.6 is 11.3 Å². The topological polar surface area (TPSA) is 101 Å².